The summed E-state index contributed by atoms with van der Waals surface area (Å²) in [6.45, 7) is 1.48. The lowest BCUT2D eigenvalue weighted by Gasteiger charge is -2.07. The maximum Gasteiger partial charge on any atom is 0.220 e. The number of nitrogens with one attached hydrogen (secondary N) is 1. The summed E-state index contributed by atoms with van der Waals surface area (Å²) in [6, 6.07) is 8.09. The third-order valence-corrected chi connectivity index (χ3v) is 5.78. The largest absolute Gasteiger partial charge is 0.396 e. The Bertz CT molecular complexity index is 534. The molecule has 0 saturated carbocycles. The molecule has 4 N–H and O–H groups in total. The van der Waals surface area contributed by atoms with Crippen LogP contribution in [0.5, 0.6) is 0 Å². The van der Waals surface area contributed by atoms with Gasteiger partial charge in [-0.15, -0.1) is 0 Å². The number of benzene rings is 1. The van der Waals surface area contributed by atoms with Crippen molar-refractivity contribution in [1.29, 1.82) is 0 Å². The van der Waals surface area contributed by atoms with E-state index in [1.165, 1.54) is 77.0 Å². The molecule has 1 aromatic carbocycles. The molecular formula is C26H46N2O2. The molecule has 0 aliphatic rings. The summed E-state index contributed by atoms with van der Waals surface area (Å²) in [6.07, 6.45) is 19.7. The minimum Gasteiger partial charge on any atom is -0.396 e. The van der Waals surface area contributed by atoms with Gasteiger partial charge in [-0.05, 0) is 24.0 Å². The van der Waals surface area contributed by atoms with Gasteiger partial charge in [0.15, 0.2) is 0 Å². The maximum absolute atomic E-state index is 12.0. The van der Waals surface area contributed by atoms with Gasteiger partial charge in [0.25, 0.3) is 0 Å². The van der Waals surface area contributed by atoms with Crippen LogP contribution < -0.4 is 11.1 Å². The molecule has 4 nitrogen and oxygen atoms in total. The van der Waals surface area contributed by atoms with E-state index >= 15 is 0 Å². The Kier molecular flexibility index (Phi) is 17.4. The topological polar surface area (TPSA) is 75.3 Å². The Morgan fingerprint density at radius 3 is 1.70 bits per heavy atom. The monoisotopic (exact) mass is 418 g/mol. The van der Waals surface area contributed by atoms with E-state index in [0.29, 0.717) is 26.1 Å². The first-order valence-corrected chi connectivity index (χ1v) is 12.4. The molecule has 1 amide bonds. The molecule has 0 saturated heterocycles. The highest BCUT2D eigenvalue weighted by Crippen LogP contribution is 2.13. The van der Waals surface area contributed by atoms with Crippen molar-refractivity contribution in [1.82, 2.24) is 5.32 Å². The molecule has 172 valence electrons. The van der Waals surface area contributed by atoms with Gasteiger partial charge in [-0.3, -0.25) is 4.79 Å². The lowest BCUT2D eigenvalue weighted by atomic mass is 10.0. The van der Waals surface area contributed by atoms with Crippen molar-refractivity contribution in [2.24, 2.45) is 5.73 Å². The highest BCUT2D eigenvalue weighted by molar-refractivity contribution is 5.75. The van der Waals surface area contributed by atoms with Gasteiger partial charge in [0, 0.05) is 26.1 Å². The highest BCUT2D eigenvalue weighted by Gasteiger charge is 2.02. The number of nitrogens with two attached hydrogens (primary N) is 1. The Morgan fingerprint density at radius 1 is 0.733 bits per heavy atom. The molecule has 0 spiro atoms. The summed E-state index contributed by atoms with van der Waals surface area (Å²) < 4.78 is 0. The smallest absolute Gasteiger partial charge is 0.220 e. The number of hydrogen-bond donors (Lipinski definition) is 3. The van der Waals surface area contributed by atoms with Gasteiger partial charge in [0.2, 0.25) is 5.91 Å². The van der Waals surface area contributed by atoms with Gasteiger partial charge in [-0.1, -0.05) is 108 Å². The summed E-state index contributed by atoms with van der Waals surface area (Å²) >= 11 is 0. The Morgan fingerprint density at radius 2 is 1.20 bits per heavy atom. The van der Waals surface area contributed by atoms with E-state index in [-0.39, 0.29) is 5.91 Å². The van der Waals surface area contributed by atoms with Crippen molar-refractivity contribution < 1.29 is 9.90 Å². The van der Waals surface area contributed by atoms with Crippen LogP contribution in [0.3, 0.4) is 0 Å². The van der Waals surface area contributed by atoms with Crippen molar-refractivity contribution in [3.63, 3.8) is 0 Å². The van der Waals surface area contributed by atoms with E-state index in [1.807, 2.05) is 18.2 Å². The lowest BCUT2D eigenvalue weighted by Crippen LogP contribution is -2.22. The number of amides is 1. The number of aliphatic hydroxyl groups is 1. The zero-order valence-electron chi connectivity index (χ0n) is 19.2. The summed E-state index contributed by atoms with van der Waals surface area (Å²) in [7, 11) is 0. The van der Waals surface area contributed by atoms with Crippen LogP contribution in [0.15, 0.2) is 24.3 Å². The van der Waals surface area contributed by atoms with Crippen molar-refractivity contribution in [3.8, 4) is 0 Å². The third-order valence-electron chi connectivity index (χ3n) is 5.78. The van der Waals surface area contributed by atoms with E-state index in [0.717, 1.165) is 30.4 Å². The summed E-state index contributed by atoms with van der Waals surface area (Å²) in [5.74, 6) is 0.154. The molecule has 0 atom stereocenters. The molecule has 0 unspecified atom stereocenters. The fourth-order valence-corrected chi connectivity index (χ4v) is 3.85. The predicted molar refractivity (Wildman–Crippen MR) is 127 cm³/mol. The summed E-state index contributed by atoms with van der Waals surface area (Å²) in [5.41, 5.74) is 7.87. The van der Waals surface area contributed by atoms with Gasteiger partial charge in [-0.25, -0.2) is 0 Å². The lowest BCUT2D eigenvalue weighted by molar-refractivity contribution is -0.121. The standard InChI is InChI=1S/C26H46N2O2/c27-22-24-17-16-18-25(21-24)23-28-26(30)19-14-12-10-8-6-4-2-1-3-5-7-9-11-13-15-20-29/h16-18,21,29H,1-15,19-20,22-23,27H2,(H,28,30). The quantitative estimate of drug-likeness (QED) is 0.227. The van der Waals surface area contributed by atoms with E-state index in [9.17, 15) is 4.79 Å². The molecule has 0 fully saturated rings. The number of rotatable bonds is 20. The average Bonchev–Trinajstić information content (AvgIpc) is 2.77. The van der Waals surface area contributed by atoms with Crippen LogP contribution in [-0.4, -0.2) is 17.6 Å². The van der Waals surface area contributed by atoms with E-state index in [2.05, 4.69) is 11.4 Å². The molecule has 30 heavy (non-hydrogen) atoms. The first kappa shape index (κ1) is 26.6. The van der Waals surface area contributed by atoms with E-state index in [4.69, 9.17) is 10.8 Å². The van der Waals surface area contributed by atoms with Gasteiger partial charge in [0.05, 0.1) is 0 Å². The maximum atomic E-state index is 12.0. The zero-order chi connectivity index (χ0) is 21.7. The molecule has 0 heterocycles. The molecule has 1 aromatic rings. The minimum absolute atomic E-state index is 0.154. The number of hydrogen-bond acceptors (Lipinski definition) is 3. The summed E-state index contributed by atoms with van der Waals surface area (Å²) in [5, 5.41) is 11.8. The Hall–Kier alpha value is -1.39. The van der Waals surface area contributed by atoms with Gasteiger partial charge in [-0.2, -0.15) is 0 Å². The molecule has 4 heteroatoms. The van der Waals surface area contributed by atoms with Crippen LogP contribution in [0.1, 0.15) is 114 Å². The number of aliphatic hydroxyl groups excluding tert-OH is 1. The van der Waals surface area contributed by atoms with Crippen molar-refractivity contribution in [3.05, 3.63) is 35.4 Å². The SMILES string of the molecule is NCc1cccc(CNC(=O)CCCCCCCCCCCCCCCCCO)c1. The second-order valence-electron chi connectivity index (χ2n) is 8.58. The van der Waals surface area contributed by atoms with Crippen LogP contribution >= 0.6 is 0 Å². The molecular weight excluding hydrogens is 372 g/mol. The minimum atomic E-state index is 0.154. The normalized spacial score (nSPS) is 11.0. The molecule has 0 aromatic heterocycles. The van der Waals surface area contributed by atoms with Gasteiger partial charge in [0.1, 0.15) is 0 Å². The average molecular weight is 419 g/mol. The highest BCUT2D eigenvalue weighted by atomic mass is 16.2. The van der Waals surface area contributed by atoms with Crippen LogP contribution in [0.25, 0.3) is 0 Å². The van der Waals surface area contributed by atoms with Crippen LogP contribution in [0.2, 0.25) is 0 Å². The van der Waals surface area contributed by atoms with Crippen LogP contribution in [-0.2, 0) is 17.9 Å². The van der Waals surface area contributed by atoms with Crippen LogP contribution in [0.4, 0.5) is 0 Å². The fraction of sp³-hybridized carbons (Fsp3) is 0.731. The molecule has 0 radical (unpaired) electrons. The number of carbonyl (C=O) groups excluding carboxylic acids is 1. The predicted octanol–water partition coefficient (Wildman–Crippen LogP) is 6.00. The Labute approximate surface area is 185 Å². The summed E-state index contributed by atoms with van der Waals surface area (Å²) in [4.78, 5) is 12.0. The third kappa shape index (κ3) is 15.4. The fourth-order valence-electron chi connectivity index (χ4n) is 3.85. The van der Waals surface area contributed by atoms with E-state index < -0.39 is 0 Å². The van der Waals surface area contributed by atoms with Crippen LogP contribution in [0, 0.1) is 0 Å². The van der Waals surface area contributed by atoms with Crippen molar-refractivity contribution in [2.45, 2.75) is 116 Å². The number of unbranched alkanes of at least 4 members (excludes halogenated alkanes) is 14. The van der Waals surface area contributed by atoms with Crippen molar-refractivity contribution in [2.75, 3.05) is 6.61 Å². The number of carbonyl (C=O) groups is 1. The molecule has 0 aliphatic heterocycles. The Balaban J connectivity index is 1.82. The first-order chi connectivity index (χ1) is 14.8. The second-order valence-corrected chi connectivity index (χ2v) is 8.58. The first-order valence-electron chi connectivity index (χ1n) is 12.4. The zero-order valence-corrected chi connectivity index (χ0v) is 19.2. The molecule has 0 aliphatic carbocycles. The van der Waals surface area contributed by atoms with E-state index in [1.54, 1.807) is 0 Å². The molecule has 0 bridgehead atoms. The van der Waals surface area contributed by atoms with Gasteiger partial charge < -0.3 is 16.2 Å². The second kappa shape index (κ2) is 19.6. The van der Waals surface area contributed by atoms with Gasteiger partial charge >= 0.3 is 0 Å². The van der Waals surface area contributed by atoms with Crippen molar-refractivity contribution >= 4 is 5.91 Å². The molecule has 1 rings (SSSR count).